The van der Waals surface area contributed by atoms with Gasteiger partial charge in [0.2, 0.25) is 0 Å². The zero-order valence-electron chi connectivity index (χ0n) is 15.7. The van der Waals surface area contributed by atoms with Crippen LogP contribution >= 0.6 is 0 Å². The number of rotatable bonds is 7. The molecule has 0 amide bonds. The number of methoxy groups -OCH3 is 1. The summed E-state index contributed by atoms with van der Waals surface area (Å²) in [6, 6.07) is 0. The fourth-order valence-electron chi connectivity index (χ4n) is 2.00. The van der Waals surface area contributed by atoms with Crippen LogP contribution in [0.25, 0.3) is 0 Å². The molecule has 1 atom stereocenters. The second kappa shape index (κ2) is 8.32. The number of hydrogen-bond donors (Lipinski definition) is 1. The summed E-state index contributed by atoms with van der Waals surface area (Å²) in [4.78, 5) is 21.8. The third-order valence-electron chi connectivity index (χ3n) is 4.23. The molecule has 0 saturated carbocycles. The van der Waals surface area contributed by atoms with E-state index >= 15 is 0 Å². The van der Waals surface area contributed by atoms with Crippen molar-refractivity contribution in [3.63, 3.8) is 0 Å². The zero-order valence-corrected chi connectivity index (χ0v) is 17.7. The Balaban J connectivity index is 4.94. The Kier molecular flexibility index (Phi) is 8.11. The van der Waals surface area contributed by atoms with E-state index in [2.05, 4.69) is 45.0 Å². The van der Waals surface area contributed by atoms with Crippen molar-refractivity contribution in [2.24, 2.45) is 5.92 Å². The molecule has 5 heteroatoms. The second-order valence-corrected chi connectivity index (χ2v) is 17.6. The van der Waals surface area contributed by atoms with E-state index < -0.39 is 16.4 Å². The largest absolute Gasteiger partial charge is 0.469 e. The van der Waals surface area contributed by atoms with E-state index in [1.807, 2.05) is 13.1 Å². The lowest BCUT2D eigenvalue weighted by Crippen LogP contribution is -2.40. The lowest BCUT2D eigenvalue weighted by Gasteiger charge is -2.37. The van der Waals surface area contributed by atoms with Crippen LogP contribution in [0.5, 0.6) is 0 Å². The standard InChI is InChI=1S/C17H34O3Si2/c1-17(2,22(7,8)19)14-15(12-13-21(4,5)6)10-9-11-16(18)20-3/h15,19H,9-11,14H2,1-8H3/t15-/m0/s1. The SMILES string of the molecule is COC(=O)CCC[C@@H](C#C[Si](C)(C)C)CC(C)(C)[Si](C)(C)O. The molecule has 0 saturated heterocycles. The normalized spacial score (nSPS) is 14.0. The number of esters is 1. The molecule has 0 aromatic carbocycles. The summed E-state index contributed by atoms with van der Waals surface area (Å²) in [5.41, 5.74) is 3.45. The van der Waals surface area contributed by atoms with Crippen LogP contribution in [0.1, 0.15) is 39.5 Å². The van der Waals surface area contributed by atoms with Crippen molar-refractivity contribution in [1.29, 1.82) is 0 Å². The highest BCUT2D eigenvalue weighted by molar-refractivity contribution is 6.83. The highest BCUT2D eigenvalue weighted by atomic mass is 28.4. The van der Waals surface area contributed by atoms with Crippen molar-refractivity contribution >= 4 is 22.4 Å². The van der Waals surface area contributed by atoms with Gasteiger partial charge in [-0.2, -0.15) is 0 Å². The van der Waals surface area contributed by atoms with Gasteiger partial charge in [-0.05, 0) is 37.4 Å². The molecule has 0 radical (unpaired) electrons. The van der Waals surface area contributed by atoms with E-state index in [1.54, 1.807) is 0 Å². The molecule has 0 aliphatic carbocycles. The Morgan fingerprint density at radius 2 is 1.77 bits per heavy atom. The third kappa shape index (κ3) is 8.77. The maximum atomic E-state index is 11.3. The van der Waals surface area contributed by atoms with E-state index in [9.17, 15) is 9.59 Å². The van der Waals surface area contributed by atoms with Gasteiger partial charge in [0.25, 0.3) is 0 Å². The summed E-state index contributed by atoms with van der Waals surface area (Å²) >= 11 is 0. The number of ether oxygens (including phenoxy) is 1. The predicted octanol–water partition coefficient (Wildman–Crippen LogP) is 4.19. The molecular weight excluding hydrogens is 308 g/mol. The van der Waals surface area contributed by atoms with Crippen LogP contribution in [0, 0.1) is 17.4 Å². The first-order valence-electron chi connectivity index (χ1n) is 8.10. The Hall–Kier alpha value is -0.576. The van der Waals surface area contributed by atoms with Crippen LogP contribution in [-0.4, -0.2) is 34.3 Å². The predicted molar refractivity (Wildman–Crippen MR) is 98.8 cm³/mol. The van der Waals surface area contributed by atoms with Crippen LogP contribution in [0.4, 0.5) is 0 Å². The molecule has 0 unspecified atom stereocenters. The first-order chi connectivity index (χ1) is 9.78. The summed E-state index contributed by atoms with van der Waals surface area (Å²) in [6.45, 7) is 15.0. The monoisotopic (exact) mass is 342 g/mol. The minimum Gasteiger partial charge on any atom is -0.469 e. The van der Waals surface area contributed by atoms with Crippen molar-refractivity contribution in [3.05, 3.63) is 0 Å². The molecule has 22 heavy (non-hydrogen) atoms. The van der Waals surface area contributed by atoms with Crippen molar-refractivity contribution in [2.45, 2.75) is 77.3 Å². The Morgan fingerprint density at radius 3 is 2.18 bits per heavy atom. The smallest absolute Gasteiger partial charge is 0.305 e. The highest BCUT2D eigenvalue weighted by Crippen LogP contribution is 2.42. The highest BCUT2D eigenvalue weighted by Gasteiger charge is 2.39. The van der Waals surface area contributed by atoms with Gasteiger partial charge in [0.05, 0.1) is 7.11 Å². The molecule has 0 aromatic rings. The van der Waals surface area contributed by atoms with Gasteiger partial charge in [0, 0.05) is 12.3 Å². The second-order valence-electron chi connectivity index (χ2n) is 8.33. The third-order valence-corrected chi connectivity index (χ3v) is 8.64. The van der Waals surface area contributed by atoms with Crippen LogP contribution in [-0.2, 0) is 9.53 Å². The molecule has 0 heterocycles. The van der Waals surface area contributed by atoms with E-state index in [1.165, 1.54) is 7.11 Å². The van der Waals surface area contributed by atoms with Gasteiger partial charge < -0.3 is 9.53 Å². The lowest BCUT2D eigenvalue weighted by atomic mass is 9.92. The molecule has 0 aliphatic rings. The summed E-state index contributed by atoms with van der Waals surface area (Å²) in [6.07, 6.45) is 3.02. The zero-order chi connectivity index (χ0) is 17.6. The molecule has 1 N–H and O–H groups in total. The Bertz CT molecular complexity index is 420. The molecule has 0 fully saturated rings. The number of carbonyl (C=O) groups excluding carboxylic acids is 1. The van der Waals surface area contributed by atoms with Crippen molar-refractivity contribution in [3.8, 4) is 11.5 Å². The van der Waals surface area contributed by atoms with Crippen LogP contribution in [0.2, 0.25) is 37.8 Å². The first-order valence-corrected chi connectivity index (χ1v) is 14.5. The van der Waals surface area contributed by atoms with Gasteiger partial charge in [0.15, 0.2) is 8.32 Å². The quantitative estimate of drug-likeness (QED) is 0.428. The summed E-state index contributed by atoms with van der Waals surface area (Å²) in [7, 11) is -2.23. The molecule has 0 bridgehead atoms. The average molecular weight is 343 g/mol. The average Bonchev–Trinajstić information content (AvgIpc) is 2.32. The number of carbonyl (C=O) groups is 1. The summed E-state index contributed by atoms with van der Waals surface area (Å²) in [5.74, 6) is 3.53. The van der Waals surface area contributed by atoms with Crippen molar-refractivity contribution in [1.82, 2.24) is 0 Å². The fraction of sp³-hybridized carbons (Fsp3) is 0.824. The van der Waals surface area contributed by atoms with Crippen molar-refractivity contribution < 1.29 is 14.3 Å². The summed E-state index contributed by atoms with van der Waals surface area (Å²) in [5, 5.41) is -0.0863. The van der Waals surface area contributed by atoms with Gasteiger partial charge in [-0.3, -0.25) is 4.79 Å². The Morgan fingerprint density at radius 1 is 1.23 bits per heavy atom. The molecule has 3 nitrogen and oxygen atoms in total. The Labute approximate surface area is 139 Å². The van der Waals surface area contributed by atoms with Gasteiger partial charge >= 0.3 is 5.97 Å². The van der Waals surface area contributed by atoms with E-state index in [0.717, 1.165) is 19.3 Å². The van der Waals surface area contributed by atoms with Crippen LogP contribution in [0.3, 0.4) is 0 Å². The van der Waals surface area contributed by atoms with Gasteiger partial charge in [0.1, 0.15) is 8.07 Å². The maximum Gasteiger partial charge on any atom is 0.305 e. The molecule has 0 spiro atoms. The van der Waals surface area contributed by atoms with Crippen LogP contribution in [0.15, 0.2) is 0 Å². The molecule has 128 valence electrons. The van der Waals surface area contributed by atoms with Crippen molar-refractivity contribution in [2.75, 3.05) is 7.11 Å². The van der Waals surface area contributed by atoms with E-state index in [-0.39, 0.29) is 16.9 Å². The first kappa shape index (κ1) is 21.4. The molecular formula is C17H34O3Si2. The minimum absolute atomic E-state index is 0.0863. The van der Waals surface area contributed by atoms with Crippen LogP contribution < -0.4 is 0 Å². The molecule has 0 aromatic heterocycles. The molecule has 0 aliphatic heterocycles. The lowest BCUT2D eigenvalue weighted by molar-refractivity contribution is -0.140. The topological polar surface area (TPSA) is 46.5 Å². The fourth-order valence-corrected chi connectivity index (χ4v) is 3.39. The van der Waals surface area contributed by atoms with E-state index in [4.69, 9.17) is 4.74 Å². The minimum atomic E-state index is -2.24. The number of hydrogen-bond acceptors (Lipinski definition) is 3. The van der Waals surface area contributed by atoms with Gasteiger partial charge in [-0.25, -0.2) is 0 Å². The maximum absolute atomic E-state index is 11.3. The molecule has 0 rings (SSSR count). The summed E-state index contributed by atoms with van der Waals surface area (Å²) < 4.78 is 4.70. The van der Waals surface area contributed by atoms with E-state index in [0.29, 0.717) is 6.42 Å². The van der Waals surface area contributed by atoms with Gasteiger partial charge in [-0.15, -0.1) is 11.5 Å². The van der Waals surface area contributed by atoms with Gasteiger partial charge in [-0.1, -0.05) is 33.5 Å².